The average molecular weight is 486 g/mol. The second-order valence-corrected chi connectivity index (χ2v) is 8.32. The molecule has 0 saturated carbocycles. The van der Waals surface area contributed by atoms with E-state index in [2.05, 4.69) is 0 Å². The van der Waals surface area contributed by atoms with Gasteiger partial charge in [-0.2, -0.15) is 0 Å². The van der Waals surface area contributed by atoms with E-state index in [0.29, 0.717) is 27.6 Å². The number of aliphatic hydroxyl groups is 1. The minimum atomic E-state index is -1.01. The fraction of sp³-hybridized carbons (Fsp3) is 0.120. The molecule has 1 amide bonds. The van der Waals surface area contributed by atoms with Crippen LogP contribution in [0.1, 0.15) is 22.7 Å². The summed E-state index contributed by atoms with van der Waals surface area (Å²) >= 11 is 12.3. The SMILES string of the molecule is COc1ccc(/C(O)=C2/C(=O)C(=O)N(c3ccc(F)cc3)C2c2ccc(Cl)c(Cl)c2)cc1C. The first kappa shape index (κ1) is 22.8. The molecule has 1 N–H and O–H groups in total. The Morgan fingerprint density at radius 2 is 1.70 bits per heavy atom. The molecule has 1 atom stereocenters. The summed E-state index contributed by atoms with van der Waals surface area (Å²) < 4.78 is 18.8. The molecule has 3 aromatic rings. The Morgan fingerprint density at radius 3 is 2.30 bits per heavy atom. The minimum absolute atomic E-state index is 0.118. The average Bonchev–Trinajstić information content (AvgIpc) is 3.06. The molecule has 1 unspecified atom stereocenters. The maximum Gasteiger partial charge on any atom is 0.300 e. The molecular weight excluding hydrogens is 468 g/mol. The number of carbonyl (C=O) groups excluding carboxylic acids is 2. The van der Waals surface area contributed by atoms with E-state index in [4.69, 9.17) is 27.9 Å². The molecule has 3 aromatic carbocycles. The van der Waals surface area contributed by atoms with Crippen molar-refractivity contribution in [3.8, 4) is 5.75 Å². The zero-order valence-corrected chi connectivity index (χ0v) is 19.1. The van der Waals surface area contributed by atoms with Crippen LogP contribution in [0.4, 0.5) is 10.1 Å². The topological polar surface area (TPSA) is 66.8 Å². The maximum atomic E-state index is 13.5. The van der Waals surface area contributed by atoms with Crippen LogP contribution >= 0.6 is 23.2 Å². The van der Waals surface area contributed by atoms with Crippen molar-refractivity contribution in [3.63, 3.8) is 0 Å². The van der Waals surface area contributed by atoms with E-state index in [1.807, 2.05) is 0 Å². The third-order valence-corrected chi connectivity index (χ3v) is 6.22. The predicted molar refractivity (Wildman–Crippen MR) is 125 cm³/mol. The number of ether oxygens (including phenoxy) is 1. The van der Waals surface area contributed by atoms with Gasteiger partial charge >= 0.3 is 0 Å². The highest BCUT2D eigenvalue weighted by Gasteiger charge is 2.47. The fourth-order valence-electron chi connectivity index (χ4n) is 3.88. The standard InChI is InChI=1S/C25H18Cl2FNO4/c1-13-11-15(4-10-20(13)33-2)23(30)21-22(14-3-9-18(26)19(27)12-14)29(25(32)24(21)31)17-7-5-16(28)6-8-17/h3-12,22,30H,1-2H3/b23-21-. The van der Waals surface area contributed by atoms with Crippen molar-refractivity contribution in [1.82, 2.24) is 0 Å². The van der Waals surface area contributed by atoms with Gasteiger partial charge in [0, 0.05) is 11.3 Å². The van der Waals surface area contributed by atoms with Crippen molar-refractivity contribution in [2.75, 3.05) is 12.0 Å². The number of nitrogens with zero attached hydrogens (tertiary/aromatic N) is 1. The van der Waals surface area contributed by atoms with Crippen molar-refractivity contribution < 1.29 is 23.8 Å². The Morgan fingerprint density at radius 1 is 1.00 bits per heavy atom. The van der Waals surface area contributed by atoms with Crippen LogP contribution in [0.2, 0.25) is 10.0 Å². The maximum absolute atomic E-state index is 13.5. The van der Waals surface area contributed by atoms with Crippen LogP contribution in [0.15, 0.2) is 66.2 Å². The third kappa shape index (κ3) is 4.08. The van der Waals surface area contributed by atoms with Gasteiger partial charge in [-0.3, -0.25) is 14.5 Å². The summed E-state index contributed by atoms with van der Waals surface area (Å²) in [7, 11) is 1.53. The number of ketones is 1. The lowest BCUT2D eigenvalue weighted by atomic mass is 9.94. The monoisotopic (exact) mass is 485 g/mol. The summed E-state index contributed by atoms with van der Waals surface area (Å²) in [4.78, 5) is 27.5. The van der Waals surface area contributed by atoms with Gasteiger partial charge in [0.15, 0.2) is 0 Å². The predicted octanol–water partition coefficient (Wildman–Crippen LogP) is 6.08. The summed E-state index contributed by atoms with van der Waals surface area (Å²) in [5, 5.41) is 11.7. The van der Waals surface area contributed by atoms with E-state index in [0.717, 1.165) is 5.56 Å². The summed E-state index contributed by atoms with van der Waals surface area (Å²) in [5.74, 6) is -1.96. The van der Waals surface area contributed by atoms with Crippen molar-refractivity contribution in [2.24, 2.45) is 0 Å². The summed E-state index contributed by atoms with van der Waals surface area (Å²) in [5.41, 5.74) is 1.71. The number of rotatable bonds is 4. The number of anilines is 1. The molecule has 1 fully saturated rings. The summed E-state index contributed by atoms with van der Waals surface area (Å²) in [6.45, 7) is 1.79. The van der Waals surface area contributed by atoms with E-state index in [1.54, 1.807) is 37.3 Å². The summed E-state index contributed by atoms with van der Waals surface area (Å²) in [6, 6.07) is 13.8. The molecule has 0 spiro atoms. The van der Waals surface area contributed by atoms with Gasteiger partial charge in [0.25, 0.3) is 11.7 Å². The number of hydrogen-bond donors (Lipinski definition) is 1. The molecule has 0 radical (unpaired) electrons. The highest BCUT2D eigenvalue weighted by molar-refractivity contribution is 6.51. The Bertz CT molecular complexity index is 1300. The quantitative estimate of drug-likeness (QED) is 0.276. The molecule has 0 bridgehead atoms. The van der Waals surface area contributed by atoms with Gasteiger partial charge in [0.2, 0.25) is 0 Å². The second kappa shape index (κ2) is 8.89. The Balaban J connectivity index is 1.95. The lowest BCUT2D eigenvalue weighted by Crippen LogP contribution is -2.29. The Kier molecular flexibility index (Phi) is 6.15. The first-order valence-electron chi connectivity index (χ1n) is 9.89. The van der Waals surface area contributed by atoms with Gasteiger partial charge in [-0.25, -0.2) is 4.39 Å². The lowest BCUT2D eigenvalue weighted by Gasteiger charge is -2.25. The van der Waals surface area contributed by atoms with Gasteiger partial charge in [-0.1, -0.05) is 29.3 Å². The largest absolute Gasteiger partial charge is 0.507 e. The number of benzene rings is 3. The van der Waals surface area contributed by atoms with E-state index in [1.165, 1.54) is 42.3 Å². The molecule has 168 valence electrons. The van der Waals surface area contributed by atoms with Crippen LogP contribution in [0.3, 0.4) is 0 Å². The van der Waals surface area contributed by atoms with E-state index >= 15 is 0 Å². The highest BCUT2D eigenvalue weighted by atomic mass is 35.5. The molecule has 1 heterocycles. The van der Waals surface area contributed by atoms with E-state index in [-0.39, 0.29) is 16.4 Å². The molecule has 1 saturated heterocycles. The normalized spacial score (nSPS) is 17.5. The number of aliphatic hydroxyl groups excluding tert-OH is 1. The van der Waals surface area contributed by atoms with Gasteiger partial charge in [0.05, 0.1) is 28.8 Å². The Labute approximate surface area is 199 Å². The van der Waals surface area contributed by atoms with Crippen LogP contribution in [-0.4, -0.2) is 23.9 Å². The molecule has 0 aromatic heterocycles. The summed E-state index contributed by atoms with van der Waals surface area (Å²) in [6.07, 6.45) is 0. The highest BCUT2D eigenvalue weighted by Crippen LogP contribution is 2.43. The first-order valence-corrected chi connectivity index (χ1v) is 10.6. The number of methoxy groups -OCH3 is 1. The molecule has 5 nitrogen and oxygen atoms in total. The van der Waals surface area contributed by atoms with Crippen LogP contribution in [0.25, 0.3) is 5.76 Å². The number of amides is 1. The minimum Gasteiger partial charge on any atom is -0.507 e. The van der Waals surface area contributed by atoms with Crippen LogP contribution in [0, 0.1) is 12.7 Å². The lowest BCUT2D eigenvalue weighted by molar-refractivity contribution is -0.132. The molecule has 8 heteroatoms. The zero-order valence-electron chi connectivity index (χ0n) is 17.6. The number of carbonyl (C=O) groups is 2. The van der Waals surface area contributed by atoms with Crippen molar-refractivity contribution in [1.29, 1.82) is 0 Å². The van der Waals surface area contributed by atoms with Crippen LogP contribution in [0.5, 0.6) is 5.75 Å². The van der Waals surface area contributed by atoms with Gasteiger partial charge < -0.3 is 9.84 Å². The van der Waals surface area contributed by atoms with Crippen molar-refractivity contribution >= 4 is 46.3 Å². The van der Waals surface area contributed by atoms with Gasteiger partial charge in [-0.15, -0.1) is 0 Å². The molecule has 4 rings (SSSR count). The van der Waals surface area contributed by atoms with Crippen LogP contribution < -0.4 is 9.64 Å². The molecule has 1 aliphatic heterocycles. The Hall–Kier alpha value is -3.35. The smallest absolute Gasteiger partial charge is 0.300 e. The van der Waals surface area contributed by atoms with Gasteiger partial charge in [-0.05, 0) is 72.6 Å². The van der Waals surface area contributed by atoms with E-state index in [9.17, 15) is 19.1 Å². The van der Waals surface area contributed by atoms with Crippen LogP contribution in [-0.2, 0) is 9.59 Å². The fourth-order valence-corrected chi connectivity index (χ4v) is 4.19. The second-order valence-electron chi connectivity index (χ2n) is 7.50. The number of Topliss-reactive ketones (excluding diaryl/α,β-unsaturated/α-hetero) is 1. The number of aryl methyl sites for hydroxylation is 1. The van der Waals surface area contributed by atoms with Gasteiger partial charge in [0.1, 0.15) is 17.3 Å². The third-order valence-electron chi connectivity index (χ3n) is 5.48. The zero-order chi connectivity index (χ0) is 23.9. The van der Waals surface area contributed by atoms with Crippen molar-refractivity contribution in [3.05, 3.63) is 98.8 Å². The molecular formula is C25H18Cl2FNO4. The molecule has 1 aliphatic rings. The van der Waals surface area contributed by atoms with Crippen molar-refractivity contribution in [2.45, 2.75) is 13.0 Å². The number of hydrogen-bond acceptors (Lipinski definition) is 4. The first-order chi connectivity index (χ1) is 15.7. The molecule has 0 aliphatic carbocycles. The number of halogens is 3. The molecule has 33 heavy (non-hydrogen) atoms. The van der Waals surface area contributed by atoms with E-state index < -0.39 is 23.5 Å².